The Kier molecular flexibility index (Phi) is 5.65. The van der Waals surface area contributed by atoms with Gasteiger partial charge in [-0.25, -0.2) is 14.4 Å². The molecule has 1 saturated heterocycles. The molecule has 1 aliphatic rings. The van der Waals surface area contributed by atoms with Crippen molar-refractivity contribution in [2.75, 3.05) is 28.9 Å². The van der Waals surface area contributed by atoms with E-state index in [4.69, 9.17) is 17.3 Å². The van der Waals surface area contributed by atoms with E-state index in [1.807, 2.05) is 0 Å². The molecule has 1 fully saturated rings. The maximum absolute atomic E-state index is 15.1. The molecule has 1 aromatic heterocycles. The van der Waals surface area contributed by atoms with E-state index < -0.39 is 21.9 Å². The Hall–Kier alpha value is -3.02. The lowest BCUT2D eigenvalue weighted by molar-refractivity contribution is 0.102. The molecule has 0 unspecified atom stereocenters. The number of carbonyl (C=O) groups excluding carboxylic acids is 1. The molecule has 3 aromatic rings. The van der Waals surface area contributed by atoms with Gasteiger partial charge in [-0.15, -0.1) is 0 Å². The number of amides is 1. The molecule has 1 aliphatic heterocycles. The van der Waals surface area contributed by atoms with Crippen LogP contribution in [0.2, 0.25) is 5.02 Å². The third-order valence-corrected chi connectivity index (χ3v) is 6.75. The van der Waals surface area contributed by atoms with Crippen LogP contribution in [0.25, 0.3) is 10.9 Å². The Morgan fingerprint density at radius 3 is 2.65 bits per heavy atom. The highest BCUT2D eigenvalue weighted by Gasteiger charge is 2.27. The molecule has 0 spiro atoms. The van der Waals surface area contributed by atoms with Crippen LogP contribution < -0.4 is 15.8 Å². The fourth-order valence-electron chi connectivity index (χ4n) is 3.35. The van der Waals surface area contributed by atoms with Crippen LogP contribution in [0, 0.1) is 5.82 Å². The Labute approximate surface area is 182 Å². The number of nitrogens with two attached hydrogens (primary N) is 1. The summed E-state index contributed by atoms with van der Waals surface area (Å²) in [5.41, 5.74) is 5.56. The minimum atomic E-state index is -3.92. The van der Waals surface area contributed by atoms with Gasteiger partial charge < -0.3 is 11.1 Å². The average Bonchev–Trinajstić information content (AvgIpc) is 3.29. The number of fused-ring (bicyclic) bond motifs is 1. The molecule has 0 aliphatic carbocycles. The highest BCUT2D eigenvalue weighted by atomic mass is 35.5. The molecule has 1 amide bonds. The van der Waals surface area contributed by atoms with Gasteiger partial charge in [-0.05, 0) is 37.1 Å². The van der Waals surface area contributed by atoms with Crippen LogP contribution >= 0.6 is 11.6 Å². The molecule has 4 rings (SSSR count). The molecule has 31 heavy (non-hydrogen) atoms. The SMILES string of the molecule is Nc1ncnc2c(C(=O)Nc3c(Cl)ccc(NS(=O)(=O)N4CCCC4)c3F)cccc12. The first-order chi connectivity index (χ1) is 14.8. The van der Waals surface area contributed by atoms with Crippen molar-refractivity contribution in [1.29, 1.82) is 0 Å². The summed E-state index contributed by atoms with van der Waals surface area (Å²) < 4.78 is 43.5. The van der Waals surface area contributed by atoms with E-state index >= 15 is 4.39 Å². The molecule has 2 heterocycles. The summed E-state index contributed by atoms with van der Waals surface area (Å²) in [5.74, 6) is -1.50. The summed E-state index contributed by atoms with van der Waals surface area (Å²) in [7, 11) is -3.92. The third kappa shape index (κ3) is 4.11. The van der Waals surface area contributed by atoms with Crippen molar-refractivity contribution in [3.8, 4) is 0 Å². The molecule has 2 aromatic carbocycles. The predicted molar refractivity (Wildman–Crippen MR) is 117 cm³/mol. The Balaban J connectivity index is 1.66. The lowest BCUT2D eigenvalue weighted by Gasteiger charge is -2.18. The highest BCUT2D eigenvalue weighted by Crippen LogP contribution is 2.32. The van der Waals surface area contributed by atoms with Gasteiger partial charge in [0, 0.05) is 18.5 Å². The van der Waals surface area contributed by atoms with Gasteiger partial charge in [0.05, 0.1) is 27.5 Å². The number of nitrogen functional groups attached to an aromatic ring is 1. The lowest BCUT2D eigenvalue weighted by Crippen LogP contribution is -2.33. The third-order valence-electron chi connectivity index (χ3n) is 4.91. The van der Waals surface area contributed by atoms with Gasteiger partial charge in [-0.2, -0.15) is 12.7 Å². The number of carbonyl (C=O) groups is 1. The minimum Gasteiger partial charge on any atom is -0.383 e. The zero-order valence-electron chi connectivity index (χ0n) is 16.1. The number of hydrogen-bond donors (Lipinski definition) is 3. The predicted octanol–water partition coefficient (Wildman–Crippen LogP) is 3.01. The first kappa shape index (κ1) is 21.2. The zero-order valence-corrected chi connectivity index (χ0v) is 17.7. The van der Waals surface area contributed by atoms with E-state index in [1.165, 1.54) is 28.8 Å². The first-order valence-corrected chi connectivity index (χ1v) is 11.2. The second-order valence-corrected chi connectivity index (χ2v) is 8.99. The topological polar surface area (TPSA) is 130 Å². The number of anilines is 3. The molecular weight excluding hydrogens is 447 g/mol. The van der Waals surface area contributed by atoms with Crippen LogP contribution in [0.3, 0.4) is 0 Å². The standard InChI is InChI=1S/C19H18ClFN6O3S/c20-13-6-7-14(26-31(29,30)27-8-1-2-9-27)15(21)17(13)25-19(28)12-5-3-4-11-16(12)23-10-24-18(11)22/h3-7,10,26H,1-2,8-9H2,(H,25,28)(H2,22,23,24). The Bertz CT molecular complexity index is 1280. The number of para-hydroxylation sites is 1. The number of halogens is 2. The van der Waals surface area contributed by atoms with Crippen molar-refractivity contribution in [2.24, 2.45) is 0 Å². The van der Waals surface area contributed by atoms with Crippen LogP contribution in [0.15, 0.2) is 36.7 Å². The van der Waals surface area contributed by atoms with Crippen LogP contribution in [0.1, 0.15) is 23.2 Å². The molecule has 9 nitrogen and oxygen atoms in total. The normalized spacial score (nSPS) is 14.6. The number of rotatable bonds is 5. The molecule has 0 atom stereocenters. The van der Waals surface area contributed by atoms with Gasteiger partial charge >= 0.3 is 10.2 Å². The number of benzene rings is 2. The van der Waals surface area contributed by atoms with E-state index in [0.29, 0.717) is 18.5 Å². The fourth-order valence-corrected chi connectivity index (χ4v) is 4.85. The second-order valence-electron chi connectivity index (χ2n) is 6.91. The summed E-state index contributed by atoms with van der Waals surface area (Å²) in [6.07, 6.45) is 2.70. The van der Waals surface area contributed by atoms with Gasteiger partial charge in [0.1, 0.15) is 12.1 Å². The largest absolute Gasteiger partial charge is 0.383 e. The minimum absolute atomic E-state index is 0.0932. The average molecular weight is 465 g/mol. The molecule has 4 N–H and O–H groups in total. The first-order valence-electron chi connectivity index (χ1n) is 9.34. The van der Waals surface area contributed by atoms with Crippen LogP contribution in [0.4, 0.5) is 21.6 Å². The van der Waals surface area contributed by atoms with Crippen molar-refractivity contribution in [2.45, 2.75) is 12.8 Å². The van der Waals surface area contributed by atoms with Crippen molar-refractivity contribution in [1.82, 2.24) is 14.3 Å². The molecule has 0 radical (unpaired) electrons. The van der Waals surface area contributed by atoms with Gasteiger partial charge in [0.25, 0.3) is 5.91 Å². The Morgan fingerprint density at radius 1 is 1.16 bits per heavy atom. The van der Waals surface area contributed by atoms with Gasteiger partial charge in [0.15, 0.2) is 5.82 Å². The molecule has 12 heteroatoms. The van der Waals surface area contributed by atoms with E-state index in [-0.39, 0.29) is 33.3 Å². The summed E-state index contributed by atoms with van der Waals surface area (Å²) >= 11 is 6.09. The van der Waals surface area contributed by atoms with Crippen molar-refractivity contribution in [3.63, 3.8) is 0 Å². The summed E-state index contributed by atoms with van der Waals surface area (Å²) in [6.45, 7) is 0.723. The smallest absolute Gasteiger partial charge is 0.301 e. The number of nitrogens with zero attached hydrogens (tertiary/aromatic N) is 3. The number of nitrogens with one attached hydrogen (secondary N) is 2. The quantitative estimate of drug-likeness (QED) is 0.532. The van der Waals surface area contributed by atoms with Gasteiger partial charge in [0.2, 0.25) is 0 Å². The van der Waals surface area contributed by atoms with Crippen LogP contribution in [-0.2, 0) is 10.2 Å². The monoisotopic (exact) mass is 464 g/mol. The summed E-state index contributed by atoms with van der Waals surface area (Å²) in [5, 5.41) is 2.78. The number of aromatic nitrogens is 2. The maximum atomic E-state index is 15.1. The zero-order chi connectivity index (χ0) is 22.2. The summed E-state index contributed by atoms with van der Waals surface area (Å²) in [4.78, 5) is 20.8. The molecule has 0 saturated carbocycles. The molecule has 0 bridgehead atoms. The van der Waals surface area contributed by atoms with E-state index in [0.717, 1.165) is 12.8 Å². The van der Waals surface area contributed by atoms with Gasteiger partial charge in [-0.3, -0.25) is 9.52 Å². The van der Waals surface area contributed by atoms with E-state index in [1.54, 1.807) is 12.1 Å². The van der Waals surface area contributed by atoms with Crippen LogP contribution in [-0.4, -0.2) is 41.7 Å². The number of hydrogen-bond acceptors (Lipinski definition) is 6. The Morgan fingerprint density at radius 2 is 1.90 bits per heavy atom. The second kappa shape index (κ2) is 8.25. The fraction of sp³-hybridized carbons (Fsp3) is 0.211. The highest BCUT2D eigenvalue weighted by molar-refractivity contribution is 7.90. The van der Waals surface area contributed by atoms with Crippen molar-refractivity contribution < 1.29 is 17.6 Å². The molecular formula is C19H18ClFN6O3S. The van der Waals surface area contributed by atoms with Crippen molar-refractivity contribution >= 4 is 55.8 Å². The van der Waals surface area contributed by atoms with Crippen LogP contribution in [0.5, 0.6) is 0 Å². The van der Waals surface area contributed by atoms with E-state index in [9.17, 15) is 13.2 Å². The van der Waals surface area contributed by atoms with Gasteiger partial charge in [-0.1, -0.05) is 17.7 Å². The van der Waals surface area contributed by atoms with Crippen molar-refractivity contribution in [3.05, 3.63) is 53.1 Å². The lowest BCUT2D eigenvalue weighted by atomic mass is 10.1. The molecule has 162 valence electrons. The maximum Gasteiger partial charge on any atom is 0.301 e. The summed E-state index contributed by atoms with van der Waals surface area (Å²) in [6, 6.07) is 7.24. The van der Waals surface area contributed by atoms with E-state index in [2.05, 4.69) is 20.0 Å².